The van der Waals surface area contributed by atoms with Gasteiger partial charge in [0.2, 0.25) is 5.91 Å². The van der Waals surface area contributed by atoms with Crippen molar-refractivity contribution in [1.29, 1.82) is 0 Å². The number of nitrogens with zero attached hydrogens (tertiary/aromatic N) is 2. The van der Waals surface area contributed by atoms with Gasteiger partial charge in [0.25, 0.3) is 11.8 Å². The van der Waals surface area contributed by atoms with Crippen molar-refractivity contribution >= 4 is 27.3 Å². The van der Waals surface area contributed by atoms with Gasteiger partial charge in [-0.2, -0.15) is 0 Å². The summed E-state index contributed by atoms with van der Waals surface area (Å²) >= 11 is 0. The first kappa shape index (κ1) is 22.5. The van der Waals surface area contributed by atoms with Gasteiger partial charge in [-0.05, 0) is 30.7 Å². The minimum absolute atomic E-state index is 0.194. The van der Waals surface area contributed by atoms with Crippen molar-refractivity contribution in [2.24, 2.45) is 0 Å². The predicted octanol–water partition coefficient (Wildman–Crippen LogP) is 2.19. The molecule has 0 saturated carbocycles. The van der Waals surface area contributed by atoms with Gasteiger partial charge in [0.1, 0.15) is 9.84 Å². The fraction of sp³-hybridized carbons (Fsp3) is 0.381. The number of fused-ring (bicyclic) bond motifs is 1. The number of amides is 2. The molecule has 0 bridgehead atoms. The highest BCUT2D eigenvalue weighted by Crippen LogP contribution is 2.37. The van der Waals surface area contributed by atoms with Gasteiger partial charge in [-0.15, -0.1) is 0 Å². The monoisotopic (exact) mass is 447 g/mol. The number of sulfone groups is 1. The second kappa shape index (κ2) is 8.93. The molecule has 1 aliphatic heterocycles. The van der Waals surface area contributed by atoms with Crippen LogP contribution < -0.4 is 14.8 Å². The molecule has 1 aliphatic rings. The standard InChI is InChI=1S/C21H25N3O6S/c1-5-30-20-18(29-3)10-9-15(23-20)17(12-31(4,27)28)24-11-14-7-6-8-16(22-13(2)25)19(14)21(24)26/h6-10,17H,5,11-12H2,1-4H3,(H,22,25)/t17-/m0/s1. The number of hydrogen-bond donors (Lipinski definition) is 1. The van der Waals surface area contributed by atoms with Crippen molar-refractivity contribution in [3.8, 4) is 11.6 Å². The number of hydrogen-bond acceptors (Lipinski definition) is 7. The molecule has 3 rings (SSSR count). The third kappa shape index (κ3) is 4.96. The Labute approximate surface area is 181 Å². The van der Waals surface area contributed by atoms with Crippen molar-refractivity contribution < 1.29 is 27.5 Å². The minimum Gasteiger partial charge on any atom is -0.491 e. The number of rotatable bonds is 8. The molecule has 1 aromatic carbocycles. The van der Waals surface area contributed by atoms with Crippen molar-refractivity contribution in [3.63, 3.8) is 0 Å². The SMILES string of the molecule is CCOc1nc([C@H](CS(C)(=O)=O)N2Cc3cccc(NC(C)=O)c3C2=O)ccc1OC. The zero-order valence-corrected chi connectivity index (χ0v) is 18.7. The number of aromatic nitrogens is 1. The Kier molecular flexibility index (Phi) is 6.49. The quantitative estimate of drug-likeness (QED) is 0.660. The lowest BCUT2D eigenvalue weighted by molar-refractivity contribution is -0.114. The van der Waals surface area contributed by atoms with E-state index in [9.17, 15) is 18.0 Å². The fourth-order valence-electron chi connectivity index (χ4n) is 3.57. The van der Waals surface area contributed by atoms with Crippen molar-refractivity contribution in [2.75, 3.05) is 31.0 Å². The smallest absolute Gasteiger partial charge is 0.257 e. The van der Waals surface area contributed by atoms with Crippen LogP contribution in [0.2, 0.25) is 0 Å². The van der Waals surface area contributed by atoms with Gasteiger partial charge in [-0.1, -0.05) is 12.1 Å². The third-order valence-corrected chi connectivity index (χ3v) is 5.72. The maximum Gasteiger partial charge on any atom is 0.257 e. The molecule has 9 nitrogen and oxygen atoms in total. The van der Waals surface area contributed by atoms with Crippen LogP contribution in [0.15, 0.2) is 30.3 Å². The number of benzene rings is 1. The van der Waals surface area contributed by atoms with E-state index in [1.54, 1.807) is 37.3 Å². The largest absolute Gasteiger partial charge is 0.491 e. The molecule has 2 amide bonds. The van der Waals surface area contributed by atoms with Gasteiger partial charge in [-0.25, -0.2) is 13.4 Å². The van der Waals surface area contributed by atoms with Gasteiger partial charge < -0.3 is 19.7 Å². The Morgan fingerprint density at radius 1 is 1.29 bits per heavy atom. The molecule has 0 fully saturated rings. The normalized spacial score (nSPS) is 14.2. The Balaban J connectivity index is 2.06. The van der Waals surface area contributed by atoms with Crippen LogP contribution in [0.25, 0.3) is 0 Å². The highest BCUT2D eigenvalue weighted by Gasteiger charge is 2.37. The van der Waals surface area contributed by atoms with Crippen molar-refractivity contribution in [1.82, 2.24) is 9.88 Å². The van der Waals surface area contributed by atoms with E-state index in [1.807, 2.05) is 0 Å². The molecule has 0 saturated heterocycles. The molecular formula is C21H25N3O6S. The minimum atomic E-state index is -3.47. The summed E-state index contributed by atoms with van der Waals surface area (Å²) in [6.45, 7) is 3.70. The summed E-state index contributed by atoms with van der Waals surface area (Å²) in [7, 11) is -1.98. The van der Waals surface area contributed by atoms with E-state index in [0.29, 0.717) is 34.9 Å². The molecule has 0 unspecified atom stereocenters. The Bertz CT molecular complexity index is 1120. The summed E-state index contributed by atoms with van der Waals surface area (Å²) in [5, 5.41) is 2.67. The summed E-state index contributed by atoms with van der Waals surface area (Å²) in [5.41, 5.74) is 1.83. The van der Waals surface area contributed by atoms with E-state index in [-0.39, 0.29) is 30.0 Å². The topological polar surface area (TPSA) is 115 Å². The molecule has 1 aromatic heterocycles. The summed E-state index contributed by atoms with van der Waals surface area (Å²) in [6.07, 6.45) is 1.11. The molecule has 166 valence electrons. The molecule has 2 heterocycles. The average molecular weight is 448 g/mol. The van der Waals surface area contributed by atoms with Gasteiger partial charge in [0.15, 0.2) is 5.75 Å². The lowest BCUT2D eigenvalue weighted by atomic mass is 10.1. The van der Waals surface area contributed by atoms with Crippen LogP contribution >= 0.6 is 0 Å². The summed E-state index contributed by atoms with van der Waals surface area (Å²) in [5.74, 6) is -0.349. The second-order valence-corrected chi connectivity index (χ2v) is 9.42. The van der Waals surface area contributed by atoms with Crippen molar-refractivity contribution in [2.45, 2.75) is 26.4 Å². The van der Waals surface area contributed by atoms with Gasteiger partial charge in [0, 0.05) is 19.7 Å². The highest BCUT2D eigenvalue weighted by atomic mass is 32.2. The first-order valence-corrected chi connectivity index (χ1v) is 11.8. The Morgan fingerprint density at radius 2 is 2.03 bits per heavy atom. The first-order valence-electron chi connectivity index (χ1n) is 9.70. The maximum absolute atomic E-state index is 13.3. The molecular weight excluding hydrogens is 422 g/mol. The number of ether oxygens (including phenoxy) is 2. The van der Waals surface area contributed by atoms with E-state index >= 15 is 0 Å². The number of pyridine rings is 1. The van der Waals surface area contributed by atoms with Gasteiger partial charge in [0.05, 0.1) is 42.5 Å². The van der Waals surface area contributed by atoms with E-state index in [1.165, 1.54) is 18.9 Å². The Morgan fingerprint density at radius 3 is 2.65 bits per heavy atom. The summed E-state index contributed by atoms with van der Waals surface area (Å²) in [4.78, 5) is 30.8. The third-order valence-electron chi connectivity index (χ3n) is 4.80. The van der Waals surface area contributed by atoms with Gasteiger partial charge >= 0.3 is 0 Å². The summed E-state index contributed by atoms with van der Waals surface area (Å²) < 4.78 is 35.2. The van der Waals surface area contributed by atoms with Crippen LogP contribution in [0.5, 0.6) is 11.6 Å². The highest BCUT2D eigenvalue weighted by molar-refractivity contribution is 7.90. The zero-order valence-electron chi connectivity index (χ0n) is 17.8. The van der Waals surface area contributed by atoms with E-state index in [2.05, 4.69) is 10.3 Å². The number of carbonyl (C=O) groups is 2. The maximum atomic E-state index is 13.3. The molecule has 0 aliphatic carbocycles. The molecule has 2 aromatic rings. The summed E-state index contributed by atoms with van der Waals surface area (Å²) in [6, 6.07) is 7.59. The second-order valence-electron chi connectivity index (χ2n) is 7.24. The van der Waals surface area contributed by atoms with Crippen LogP contribution in [0, 0.1) is 0 Å². The molecule has 10 heteroatoms. The molecule has 31 heavy (non-hydrogen) atoms. The first-order chi connectivity index (χ1) is 14.6. The molecule has 0 radical (unpaired) electrons. The lowest BCUT2D eigenvalue weighted by Gasteiger charge is -2.27. The van der Waals surface area contributed by atoms with Gasteiger partial charge in [-0.3, -0.25) is 9.59 Å². The van der Waals surface area contributed by atoms with Crippen LogP contribution in [0.1, 0.15) is 41.5 Å². The molecule has 1 atom stereocenters. The van der Waals surface area contributed by atoms with E-state index in [4.69, 9.17) is 9.47 Å². The molecule has 1 N–H and O–H groups in total. The van der Waals surface area contributed by atoms with E-state index in [0.717, 1.165) is 6.26 Å². The van der Waals surface area contributed by atoms with Crippen molar-refractivity contribution in [3.05, 3.63) is 47.2 Å². The average Bonchev–Trinajstić information content (AvgIpc) is 3.03. The van der Waals surface area contributed by atoms with Crippen LogP contribution in [-0.2, 0) is 21.2 Å². The predicted molar refractivity (Wildman–Crippen MR) is 115 cm³/mol. The Hall–Kier alpha value is -3.14. The molecule has 0 spiro atoms. The number of nitrogens with one attached hydrogen (secondary N) is 1. The fourth-order valence-corrected chi connectivity index (χ4v) is 4.50. The number of carbonyl (C=O) groups excluding carboxylic acids is 2. The van der Waals surface area contributed by atoms with Crippen LogP contribution in [0.3, 0.4) is 0 Å². The number of anilines is 1. The number of methoxy groups -OCH3 is 1. The zero-order chi connectivity index (χ0) is 22.8. The van der Waals surface area contributed by atoms with E-state index < -0.39 is 15.9 Å². The van der Waals surface area contributed by atoms with Crippen LogP contribution in [0.4, 0.5) is 5.69 Å². The van der Waals surface area contributed by atoms with Crippen LogP contribution in [-0.4, -0.2) is 55.8 Å². The lowest BCUT2D eigenvalue weighted by Crippen LogP contribution is -2.34.